The molecule has 5 heteroatoms. The number of carbonyl (C=O) groups is 1. The van der Waals surface area contributed by atoms with Gasteiger partial charge in [0.15, 0.2) is 0 Å². The lowest BCUT2D eigenvalue weighted by Gasteiger charge is -2.28. The molecule has 1 unspecified atom stereocenters. The van der Waals surface area contributed by atoms with Gasteiger partial charge in [0, 0.05) is 7.05 Å². The van der Waals surface area contributed by atoms with Crippen LogP contribution in [0.5, 0.6) is 0 Å². The van der Waals surface area contributed by atoms with Crippen molar-refractivity contribution in [2.45, 2.75) is 26.4 Å². The van der Waals surface area contributed by atoms with Crippen molar-refractivity contribution >= 4 is 5.91 Å². The van der Waals surface area contributed by atoms with Crippen LogP contribution in [-0.4, -0.2) is 19.1 Å². The minimum atomic E-state index is -4.48. The van der Waals surface area contributed by atoms with Gasteiger partial charge in [0.1, 0.15) is 5.41 Å². The fourth-order valence-corrected chi connectivity index (χ4v) is 0.766. The molecule has 0 rings (SSSR count). The number of halogens is 3. The molecule has 0 saturated carbocycles. The second kappa shape index (κ2) is 3.33. The summed E-state index contributed by atoms with van der Waals surface area (Å²) in [5, 5.41) is 2.00. The van der Waals surface area contributed by atoms with E-state index in [-0.39, 0.29) is 6.42 Å². The Morgan fingerprint density at radius 3 is 1.92 bits per heavy atom. The Kier molecular flexibility index (Phi) is 3.12. The first-order chi connectivity index (χ1) is 5.29. The molecule has 0 bridgehead atoms. The van der Waals surface area contributed by atoms with Gasteiger partial charge < -0.3 is 5.32 Å². The normalized spacial score (nSPS) is 16.8. The summed E-state index contributed by atoms with van der Waals surface area (Å²) in [5.41, 5.74) is -2.26. The van der Waals surface area contributed by atoms with E-state index in [9.17, 15) is 18.0 Å². The highest BCUT2D eigenvalue weighted by atomic mass is 19.4. The number of nitrogens with one attached hydrogen (secondary N) is 1. The zero-order chi connectivity index (χ0) is 9.99. The number of hydrogen-bond acceptors (Lipinski definition) is 1. The number of amides is 1. The van der Waals surface area contributed by atoms with Crippen LogP contribution in [0.15, 0.2) is 0 Å². The van der Waals surface area contributed by atoms with E-state index in [1.54, 1.807) is 0 Å². The molecule has 0 aromatic carbocycles. The second-order valence-corrected chi connectivity index (χ2v) is 2.76. The number of rotatable bonds is 2. The molecule has 0 aliphatic rings. The third-order valence-electron chi connectivity index (χ3n) is 2.06. The lowest BCUT2D eigenvalue weighted by Crippen LogP contribution is -2.47. The maximum absolute atomic E-state index is 12.3. The molecule has 0 fully saturated rings. The van der Waals surface area contributed by atoms with E-state index in [2.05, 4.69) is 0 Å². The van der Waals surface area contributed by atoms with Crippen LogP contribution in [0.2, 0.25) is 0 Å². The third kappa shape index (κ3) is 1.70. The molecule has 1 atom stereocenters. The minimum Gasteiger partial charge on any atom is -0.358 e. The molecule has 0 heterocycles. The summed E-state index contributed by atoms with van der Waals surface area (Å²) in [4.78, 5) is 10.9. The molecule has 0 radical (unpaired) electrons. The first-order valence-corrected chi connectivity index (χ1v) is 3.58. The quantitative estimate of drug-likeness (QED) is 0.693. The SMILES string of the molecule is CCC(C)(C(=O)NC)C(F)(F)F. The zero-order valence-electron chi connectivity index (χ0n) is 7.25. The maximum atomic E-state index is 12.3. The Bertz CT molecular complexity index is 178. The average molecular weight is 183 g/mol. The van der Waals surface area contributed by atoms with E-state index in [4.69, 9.17) is 0 Å². The van der Waals surface area contributed by atoms with Crippen molar-refractivity contribution in [1.82, 2.24) is 5.32 Å². The molecular weight excluding hydrogens is 171 g/mol. The molecule has 2 nitrogen and oxygen atoms in total. The first-order valence-electron chi connectivity index (χ1n) is 3.58. The maximum Gasteiger partial charge on any atom is 0.402 e. The molecule has 0 aliphatic carbocycles. The van der Waals surface area contributed by atoms with Crippen molar-refractivity contribution in [3.8, 4) is 0 Å². The van der Waals surface area contributed by atoms with Gasteiger partial charge in [0.2, 0.25) is 5.91 Å². The predicted octanol–water partition coefficient (Wildman–Crippen LogP) is 1.71. The van der Waals surface area contributed by atoms with Crippen molar-refractivity contribution in [3.05, 3.63) is 0 Å². The Balaban J connectivity index is 4.80. The van der Waals surface area contributed by atoms with Gasteiger partial charge in [0.05, 0.1) is 0 Å². The highest BCUT2D eigenvalue weighted by Gasteiger charge is 2.54. The van der Waals surface area contributed by atoms with Crippen molar-refractivity contribution < 1.29 is 18.0 Å². The molecule has 0 aromatic heterocycles. The fourth-order valence-electron chi connectivity index (χ4n) is 0.766. The first kappa shape index (κ1) is 11.3. The Morgan fingerprint density at radius 1 is 1.42 bits per heavy atom. The van der Waals surface area contributed by atoms with Crippen molar-refractivity contribution in [2.24, 2.45) is 5.41 Å². The summed E-state index contributed by atoms with van der Waals surface area (Å²) < 4.78 is 36.8. The largest absolute Gasteiger partial charge is 0.402 e. The summed E-state index contributed by atoms with van der Waals surface area (Å²) >= 11 is 0. The van der Waals surface area contributed by atoms with Gasteiger partial charge in [-0.25, -0.2) is 0 Å². The minimum absolute atomic E-state index is 0.254. The Labute approximate surface area is 69.1 Å². The van der Waals surface area contributed by atoms with E-state index in [1.165, 1.54) is 14.0 Å². The topological polar surface area (TPSA) is 29.1 Å². The molecule has 0 aliphatic heterocycles. The van der Waals surface area contributed by atoms with Gasteiger partial charge in [-0.15, -0.1) is 0 Å². The van der Waals surface area contributed by atoms with E-state index >= 15 is 0 Å². The zero-order valence-corrected chi connectivity index (χ0v) is 7.25. The van der Waals surface area contributed by atoms with E-state index in [1.807, 2.05) is 5.32 Å². The Morgan fingerprint density at radius 2 is 1.83 bits per heavy atom. The molecular formula is C7H12F3NO. The summed E-state index contributed by atoms with van der Waals surface area (Å²) in [7, 11) is 1.20. The van der Waals surface area contributed by atoms with Crippen LogP contribution in [0, 0.1) is 5.41 Å². The van der Waals surface area contributed by atoms with Gasteiger partial charge in [0.25, 0.3) is 0 Å². The van der Waals surface area contributed by atoms with Gasteiger partial charge in [-0.3, -0.25) is 4.79 Å². The van der Waals surface area contributed by atoms with Crippen molar-refractivity contribution in [3.63, 3.8) is 0 Å². The molecule has 1 N–H and O–H groups in total. The van der Waals surface area contributed by atoms with E-state index in [0.29, 0.717) is 0 Å². The summed E-state index contributed by atoms with van der Waals surface area (Å²) in [6.45, 7) is 2.23. The van der Waals surface area contributed by atoms with Crippen LogP contribution in [0.3, 0.4) is 0 Å². The van der Waals surface area contributed by atoms with Gasteiger partial charge in [-0.2, -0.15) is 13.2 Å². The molecule has 0 spiro atoms. The van der Waals surface area contributed by atoms with Gasteiger partial charge in [-0.1, -0.05) is 6.92 Å². The van der Waals surface area contributed by atoms with Crippen molar-refractivity contribution in [2.75, 3.05) is 7.05 Å². The molecule has 0 aromatic rings. The third-order valence-corrected chi connectivity index (χ3v) is 2.06. The van der Waals surface area contributed by atoms with E-state index in [0.717, 1.165) is 6.92 Å². The van der Waals surface area contributed by atoms with Crippen LogP contribution in [0.1, 0.15) is 20.3 Å². The summed E-state index contributed by atoms with van der Waals surface area (Å²) in [5.74, 6) is -0.988. The smallest absolute Gasteiger partial charge is 0.358 e. The second-order valence-electron chi connectivity index (χ2n) is 2.76. The lowest BCUT2D eigenvalue weighted by molar-refractivity contribution is -0.217. The lowest BCUT2D eigenvalue weighted by atomic mass is 9.86. The van der Waals surface area contributed by atoms with Crippen LogP contribution < -0.4 is 5.32 Å². The van der Waals surface area contributed by atoms with Crippen LogP contribution >= 0.6 is 0 Å². The number of alkyl halides is 3. The predicted molar refractivity (Wildman–Crippen MR) is 38.5 cm³/mol. The summed E-state index contributed by atoms with van der Waals surface area (Å²) in [6.07, 6.45) is -4.74. The number of hydrogen-bond donors (Lipinski definition) is 1. The monoisotopic (exact) mass is 183 g/mol. The fraction of sp³-hybridized carbons (Fsp3) is 0.857. The van der Waals surface area contributed by atoms with Crippen LogP contribution in [0.25, 0.3) is 0 Å². The van der Waals surface area contributed by atoms with Crippen molar-refractivity contribution in [1.29, 1.82) is 0 Å². The van der Waals surface area contributed by atoms with Gasteiger partial charge >= 0.3 is 6.18 Å². The summed E-state index contributed by atoms with van der Waals surface area (Å²) in [6, 6.07) is 0. The Hall–Kier alpha value is -0.740. The van der Waals surface area contributed by atoms with E-state index < -0.39 is 17.5 Å². The highest BCUT2D eigenvalue weighted by Crippen LogP contribution is 2.40. The van der Waals surface area contributed by atoms with Crippen LogP contribution in [-0.2, 0) is 4.79 Å². The molecule has 12 heavy (non-hydrogen) atoms. The molecule has 1 amide bonds. The molecule has 0 saturated heterocycles. The highest BCUT2D eigenvalue weighted by molar-refractivity contribution is 5.82. The average Bonchev–Trinajstić information content (AvgIpc) is 1.99. The standard InChI is InChI=1S/C7H12F3NO/c1-4-6(2,5(12)11-3)7(8,9)10/h4H2,1-3H3,(H,11,12). The van der Waals surface area contributed by atoms with Crippen LogP contribution in [0.4, 0.5) is 13.2 Å². The molecule has 72 valence electrons. The number of carbonyl (C=O) groups excluding carboxylic acids is 1. The van der Waals surface area contributed by atoms with Gasteiger partial charge in [-0.05, 0) is 13.3 Å².